The van der Waals surface area contributed by atoms with Crippen molar-refractivity contribution in [3.05, 3.63) is 35.9 Å². The number of rotatable bonds is 8. The molecule has 1 amide bonds. The quantitative estimate of drug-likeness (QED) is 0.718. The lowest BCUT2D eigenvalue weighted by Gasteiger charge is -2.20. The molecule has 1 saturated heterocycles. The zero-order valence-electron chi connectivity index (χ0n) is 14.7. The van der Waals surface area contributed by atoms with Crippen molar-refractivity contribution in [2.24, 2.45) is 0 Å². The number of nitrogens with zero attached hydrogens (tertiary/aromatic N) is 1. The Balaban J connectivity index is 0.00000312. The van der Waals surface area contributed by atoms with Crippen LogP contribution >= 0.6 is 12.4 Å². The lowest BCUT2D eigenvalue weighted by molar-refractivity contribution is -0.121. The molecule has 1 aliphatic rings. The lowest BCUT2D eigenvalue weighted by atomic mass is 9.94. The van der Waals surface area contributed by atoms with Crippen LogP contribution in [0.25, 0.3) is 0 Å². The predicted molar refractivity (Wildman–Crippen MR) is 101 cm³/mol. The number of sulfone groups is 1. The summed E-state index contributed by atoms with van der Waals surface area (Å²) in [5.74, 6) is -0.125. The molecule has 1 N–H and O–H groups in total. The fourth-order valence-corrected chi connectivity index (χ4v) is 3.59. The number of hydrogen-bond acceptors (Lipinski definition) is 5. The Bertz CT molecular complexity index is 639. The van der Waals surface area contributed by atoms with E-state index in [0.717, 1.165) is 25.9 Å². The first kappa shape index (κ1) is 21.9. The zero-order valence-corrected chi connectivity index (χ0v) is 16.3. The first-order chi connectivity index (χ1) is 11.4. The topological polar surface area (TPSA) is 75.7 Å². The van der Waals surface area contributed by atoms with E-state index < -0.39 is 9.84 Å². The molecule has 1 aromatic carbocycles. The first-order valence-electron chi connectivity index (χ1n) is 8.12. The second-order valence-electron chi connectivity index (χ2n) is 6.32. The molecule has 25 heavy (non-hydrogen) atoms. The van der Waals surface area contributed by atoms with Crippen LogP contribution in [0.15, 0.2) is 30.3 Å². The third-order valence-electron chi connectivity index (χ3n) is 4.28. The number of methoxy groups -OCH3 is 1. The predicted octanol–water partition coefficient (Wildman–Crippen LogP) is 1.07. The molecule has 0 aliphatic carbocycles. The van der Waals surface area contributed by atoms with Crippen molar-refractivity contribution in [1.82, 2.24) is 10.2 Å². The monoisotopic (exact) mass is 390 g/mol. The normalized spacial score (nSPS) is 20.9. The van der Waals surface area contributed by atoms with Gasteiger partial charge in [0.15, 0.2) is 0 Å². The zero-order chi connectivity index (χ0) is 17.6. The summed E-state index contributed by atoms with van der Waals surface area (Å²) in [4.78, 5) is 14.4. The number of halogens is 1. The molecule has 1 fully saturated rings. The van der Waals surface area contributed by atoms with E-state index in [1.165, 1.54) is 5.56 Å². The summed E-state index contributed by atoms with van der Waals surface area (Å²) in [6.07, 6.45) is 1.16. The van der Waals surface area contributed by atoms with Crippen LogP contribution in [0.4, 0.5) is 0 Å². The van der Waals surface area contributed by atoms with Gasteiger partial charge in [-0.05, 0) is 5.56 Å². The van der Waals surface area contributed by atoms with Gasteiger partial charge in [-0.3, -0.25) is 9.69 Å². The van der Waals surface area contributed by atoms with E-state index in [1.807, 2.05) is 18.2 Å². The third-order valence-corrected chi connectivity index (χ3v) is 5.23. The van der Waals surface area contributed by atoms with Crippen molar-refractivity contribution in [1.29, 1.82) is 0 Å². The molecule has 142 valence electrons. The van der Waals surface area contributed by atoms with E-state index in [-0.39, 0.29) is 42.4 Å². The molecule has 1 heterocycles. The average molecular weight is 391 g/mol. The minimum absolute atomic E-state index is 0. The van der Waals surface area contributed by atoms with Gasteiger partial charge in [-0.2, -0.15) is 0 Å². The van der Waals surface area contributed by atoms with Crippen LogP contribution < -0.4 is 5.32 Å². The average Bonchev–Trinajstić information content (AvgIpc) is 2.94. The van der Waals surface area contributed by atoms with E-state index >= 15 is 0 Å². The molecule has 0 bridgehead atoms. The van der Waals surface area contributed by atoms with Crippen molar-refractivity contribution in [2.75, 3.05) is 45.4 Å². The molecule has 6 nitrogen and oxygen atoms in total. The third kappa shape index (κ3) is 7.32. The summed E-state index contributed by atoms with van der Waals surface area (Å²) in [5.41, 5.74) is 1.19. The van der Waals surface area contributed by atoms with E-state index in [0.29, 0.717) is 6.61 Å². The van der Waals surface area contributed by atoms with Crippen LogP contribution in [0.1, 0.15) is 17.9 Å². The second kappa shape index (κ2) is 10.1. The molecule has 0 radical (unpaired) electrons. The van der Waals surface area contributed by atoms with Crippen LogP contribution in [0.5, 0.6) is 0 Å². The minimum Gasteiger partial charge on any atom is -0.383 e. The maximum absolute atomic E-state index is 12.1. The molecule has 8 heteroatoms. The largest absolute Gasteiger partial charge is 0.383 e. The van der Waals surface area contributed by atoms with Crippen molar-refractivity contribution in [3.63, 3.8) is 0 Å². The number of nitrogens with one attached hydrogen (secondary N) is 1. The molecule has 0 unspecified atom stereocenters. The Hall–Kier alpha value is -1.15. The van der Waals surface area contributed by atoms with Gasteiger partial charge in [0.25, 0.3) is 0 Å². The molecular formula is C17H27ClN2O4S. The van der Waals surface area contributed by atoms with E-state index in [9.17, 15) is 13.2 Å². The number of benzene rings is 1. The van der Waals surface area contributed by atoms with Gasteiger partial charge in [-0.1, -0.05) is 30.3 Å². The van der Waals surface area contributed by atoms with Crippen molar-refractivity contribution in [2.45, 2.75) is 18.4 Å². The smallest absolute Gasteiger partial charge is 0.221 e. The van der Waals surface area contributed by atoms with E-state index in [4.69, 9.17) is 4.74 Å². The Labute approximate surface area is 156 Å². The summed E-state index contributed by atoms with van der Waals surface area (Å²) >= 11 is 0. The number of ether oxygens (including phenoxy) is 1. The van der Waals surface area contributed by atoms with Gasteiger partial charge in [0.05, 0.1) is 12.4 Å². The summed E-state index contributed by atoms with van der Waals surface area (Å²) in [5, 5.41) is 3.02. The molecule has 1 aromatic rings. The highest BCUT2D eigenvalue weighted by atomic mass is 35.5. The number of carbonyl (C=O) groups is 1. The van der Waals surface area contributed by atoms with E-state index in [2.05, 4.69) is 22.3 Å². The second-order valence-corrected chi connectivity index (χ2v) is 8.58. The van der Waals surface area contributed by atoms with Crippen LogP contribution in [-0.2, 0) is 19.4 Å². The van der Waals surface area contributed by atoms with E-state index in [1.54, 1.807) is 7.11 Å². The molecule has 2 atom stereocenters. The van der Waals surface area contributed by atoms with Gasteiger partial charge in [-0.25, -0.2) is 8.42 Å². The fraction of sp³-hybridized carbons (Fsp3) is 0.588. The summed E-state index contributed by atoms with van der Waals surface area (Å²) in [7, 11) is -1.45. The van der Waals surface area contributed by atoms with Gasteiger partial charge >= 0.3 is 0 Å². The van der Waals surface area contributed by atoms with Crippen molar-refractivity contribution < 1.29 is 17.9 Å². The number of amides is 1. The number of likely N-dealkylation sites (tertiary alicyclic amines) is 1. The van der Waals surface area contributed by atoms with Gasteiger partial charge in [-0.15, -0.1) is 12.4 Å². The highest BCUT2D eigenvalue weighted by Crippen LogP contribution is 2.27. The summed E-state index contributed by atoms with van der Waals surface area (Å²) < 4.78 is 27.6. The maximum Gasteiger partial charge on any atom is 0.221 e. The highest BCUT2D eigenvalue weighted by molar-refractivity contribution is 7.90. The minimum atomic E-state index is -3.13. The molecule has 0 aromatic heterocycles. The number of hydrogen-bond donors (Lipinski definition) is 1. The Morgan fingerprint density at radius 1 is 1.28 bits per heavy atom. The van der Waals surface area contributed by atoms with Crippen LogP contribution in [0, 0.1) is 0 Å². The molecular weight excluding hydrogens is 364 g/mol. The SMILES string of the molecule is COCCN1C[C@H](NC(=O)CCS(C)(=O)=O)[C@@H](c2ccccc2)C1.Cl. The van der Waals surface area contributed by atoms with Crippen molar-refractivity contribution >= 4 is 28.2 Å². The Kier molecular flexibility index (Phi) is 8.85. The number of carbonyl (C=O) groups excluding carboxylic acids is 1. The van der Waals surface area contributed by atoms with Crippen LogP contribution in [-0.4, -0.2) is 70.6 Å². The fourth-order valence-electron chi connectivity index (χ4n) is 3.03. The van der Waals surface area contributed by atoms with Gasteiger partial charge in [0.1, 0.15) is 9.84 Å². The Morgan fingerprint density at radius 3 is 2.56 bits per heavy atom. The van der Waals surface area contributed by atoms with Crippen LogP contribution in [0.2, 0.25) is 0 Å². The van der Waals surface area contributed by atoms with Gasteiger partial charge in [0.2, 0.25) is 5.91 Å². The lowest BCUT2D eigenvalue weighted by Crippen LogP contribution is -2.40. The van der Waals surface area contributed by atoms with Crippen LogP contribution in [0.3, 0.4) is 0 Å². The van der Waals surface area contributed by atoms with Gasteiger partial charge in [0, 0.05) is 51.4 Å². The molecule has 1 aliphatic heterocycles. The summed E-state index contributed by atoms with van der Waals surface area (Å²) in [6, 6.07) is 10.1. The van der Waals surface area contributed by atoms with Gasteiger partial charge < -0.3 is 10.1 Å². The molecule has 0 spiro atoms. The maximum atomic E-state index is 12.1. The first-order valence-corrected chi connectivity index (χ1v) is 10.2. The standard InChI is InChI=1S/C17H26N2O4S.ClH/c1-23-10-9-19-12-15(14-6-4-3-5-7-14)16(13-19)18-17(20)8-11-24(2,21)22;/h3-7,15-16H,8-13H2,1-2H3,(H,18,20);1H/t15-,16+;/m1./s1. The molecule has 0 saturated carbocycles. The van der Waals surface area contributed by atoms with Crippen molar-refractivity contribution in [3.8, 4) is 0 Å². The highest BCUT2D eigenvalue weighted by Gasteiger charge is 2.34. The Morgan fingerprint density at radius 2 is 1.96 bits per heavy atom. The molecule has 2 rings (SSSR count). The summed E-state index contributed by atoms with van der Waals surface area (Å²) in [6.45, 7) is 3.06.